The Morgan fingerprint density at radius 3 is 2.69 bits per heavy atom. The van der Waals surface area contributed by atoms with Crippen molar-refractivity contribution in [1.29, 1.82) is 0 Å². The molecule has 0 bridgehead atoms. The van der Waals surface area contributed by atoms with Crippen LogP contribution in [0.15, 0.2) is 24.3 Å². The van der Waals surface area contributed by atoms with Gasteiger partial charge >= 0.3 is 5.97 Å². The number of carbonyl (C=O) groups excluding carboxylic acids is 2. The molecule has 0 unspecified atom stereocenters. The van der Waals surface area contributed by atoms with Gasteiger partial charge in [0, 0.05) is 22.1 Å². The molecule has 0 spiro atoms. The Bertz CT molecular complexity index is 810. The van der Waals surface area contributed by atoms with Crippen molar-refractivity contribution >= 4 is 39.8 Å². The summed E-state index contributed by atoms with van der Waals surface area (Å²) in [7, 11) is 0. The molecule has 138 valence electrons. The fourth-order valence-corrected chi connectivity index (χ4v) is 4.16. The largest absolute Gasteiger partial charge is 0.462 e. The Labute approximate surface area is 161 Å². The SMILES string of the molecule is CCOC(=O)c1c(NC(=O)[C@@H]2CCCO2)sc(C)c1-c1ccc(Cl)cc1. The van der Waals surface area contributed by atoms with Gasteiger partial charge < -0.3 is 14.8 Å². The summed E-state index contributed by atoms with van der Waals surface area (Å²) in [4.78, 5) is 26.0. The van der Waals surface area contributed by atoms with Crippen LogP contribution in [0.1, 0.15) is 35.0 Å². The zero-order valence-corrected chi connectivity index (χ0v) is 16.2. The number of halogens is 1. The third kappa shape index (κ3) is 3.92. The number of anilines is 1. The van der Waals surface area contributed by atoms with Crippen LogP contribution in [0.2, 0.25) is 5.02 Å². The van der Waals surface area contributed by atoms with Gasteiger partial charge in [0.25, 0.3) is 5.91 Å². The van der Waals surface area contributed by atoms with Crippen LogP contribution in [-0.2, 0) is 14.3 Å². The molecule has 7 heteroatoms. The Hall–Kier alpha value is -1.89. The highest BCUT2D eigenvalue weighted by atomic mass is 35.5. The van der Waals surface area contributed by atoms with Crippen LogP contribution >= 0.6 is 22.9 Å². The van der Waals surface area contributed by atoms with Gasteiger partial charge in [0.05, 0.1) is 6.61 Å². The van der Waals surface area contributed by atoms with E-state index in [4.69, 9.17) is 21.1 Å². The summed E-state index contributed by atoms with van der Waals surface area (Å²) < 4.78 is 10.7. The van der Waals surface area contributed by atoms with Crippen molar-refractivity contribution < 1.29 is 19.1 Å². The summed E-state index contributed by atoms with van der Waals surface area (Å²) in [6, 6.07) is 7.25. The van der Waals surface area contributed by atoms with E-state index in [0.717, 1.165) is 22.4 Å². The van der Waals surface area contributed by atoms with E-state index in [1.54, 1.807) is 19.1 Å². The van der Waals surface area contributed by atoms with Gasteiger partial charge in [-0.2, -0.15) is 0 Å². The molecular formula is C19H20ClNO4S. The minimum absolute atomic E-state index is 0.225. The van der Waals surface area contributed by atoms with E-state index in [-0.39, 0.29) is 12.5 Å². The van der Waals surface area contributed by atoms with Crippen LogP contribution in [0.5, 0.6) is 0 Å². The molecule has 0 radical (unpaired) electrons. The van der Waals surface area contributed by atoms with E-state index in [2.05, 4.69) is 5.32 Å². The molecule has 1 aliphatic heterocycles. The lowest BCUT2D eigenvalue weighted by Crippen LogP contribution is -2.27. The van der Waals surface area contributed by atoms with Gasteiger partial charge in [0.1, 0.15) is 16.7 Å². The molecule has 1 aromatic heterocycles. The van der Waals surface area contributed by atoms with Crippen molar-refractivity contribution in [2.75, 3.05) is 18.5 Å². The number of aryl methyl sites for hydroxylation is 1. The average Bonchev–Trinajstić information content (AvgIpc) is 3.24. The standard InChI is InChI=1S/C19H20ClNO4S/c1-3-24-19(23)16-15(12-6-8-13(20)9-7-12)11(2)26-18(16)21-17(22)14-5-4-10-25-14/h6-9,14H,3-5,10H2,1-2H3,(H,21,22)/t14-/m0/s1. The molecule has 1 aliphatic rings. The van der Waals surface area contributed by atoms with E-state index in [1.807, 2.05) is 19.1 Å². The molecule has 1 atom stereocenters. The summed E-state index contributed by atoms with van der Waals surface area (Å²) in [6.45, 7) is 4.51. The number of hydrogen-bond donors (Lipinski definition) is 1. The van der Waals surface area contributed by atoms with Gasteiger partial charge in [-0.25, -0.2) is 4.79 Å². The highest BCUT2D eigenvalue weighted by Gasteiger charge is 2.29. The number of esters is 1. The first-order valence-electron chi connectivity index (χ1n) is 8.50. The number of rotatable bonds is 5. The molecule has 2 heterocycles. The Balaban J connectivity index is 2.00. The Morgan fingerprint density at radius 1 is 1.35 bits per heavy atom. The second kappa shape index (κ2) is 8.20. The topological polar surface area (TPSA) is 64.6 Å². The van der Waals surface area contributed by atoms with Gasteiger partial charge in [0.15, 0.2) is 0 Å². The summed E-state index contributed by atoms with van der Waals surface area (Å²) >= 11 is 7.34. The van der Waals surface area contributed by atoms with Crippen LogP contribution in [0.25, 0.3) is 11.1 Å². The Morgan fingerprint density at radius 2 is 2.08 bits per heavy atom. The first-order chi connectivity index (χ1) is 12.5. The Kier molecular flexibility index (Phi) is 5.96. The lowest BCUT2D eigenvalue weighted by Gasteiger charge is -2.11. The summed E-state index contributed by atoms with van der Waals surface area (Å²) in [5, 5.41) is 3.97. The quantitative estimate of drug-likeness (QED) is 0.749. The predicted octanol–water partition coefficient (Wildman–Crippen LogP) is 4.67. The second-order valence-corrected chi connectivity index (χ2v) is 7.62. The maximum absolute atomic E-state index is 12.6. The van der Waals surface area contributed by atoms with E-state index in [0.29, 0.717) is 28.6 Å². The molecular weight excluding hydrogens is 374 g/mol. The second-order valence-electron chi connectivity index (χ2n) is 5.96. The predicted molar refractivity (Wildman–Crippen MR) is 103 cm³/mol. The number of nitrogens with one attached hydrogen (secondary N) is 1. The van der Waals surface area contributed by atoms with Crippen LogP contribution < -0.4 is 5.32 Å². The summed E-state index contributed by atoms with van der Waals surface area (Å²) in [6.07, 6.45) is 1.09. The maximum Gasteiger partial charge on any atom is 0.341 e. The highest BCUT2D eigenvalue weighted by molar-refractivity contribution is 7.17. The fraction of sp³-hybridized carbons (Fsp3) is 0.368. The molecule has 1 amide bonds. The van der Waals surface area contributed by atoms with Crippen LogP contribution in [-0.4, -0.2) is 31.2 Å². The van der Waals surface area contributed by atoms with Crippen LogP contribution in [0.3, 0.4) is 0 Å². The van der Waals surface area contributed by atoms with Crippen LogP contribution in [0.4, 0.5) is 5.00 Å². The molecule has 1 N–H and O–H groups in total. The number of benzene rings is 1. The van der Waals surface area contributed by atoms with Crippen molar-refractivity contribution in [2.24, 2.45) is 0 Å². The van der Waals surface area contributed by atoms with E-state index in [1.165, 1.54) is 11.3 Å². The molecule has 26 heavy (non-hydrogen) atoms. The zero-order valence-electron chi connectivity index (χ0n) is 14.6. The van der Waals surface area contributed by atoms with Crippen LogP contribution in [0, 0.1) is 6.92 Å². The molecule has 2 aromatic rings. The summed E-state index contributed by atoms with van der Waals surface area (Å²) in [5.41, 5.74) is 1.99. The van der Waals surface area contributed by atoms with Crippen molar-refractivity contribution in [1.82, 2.24) is 0 Å². The third-order valence-electron chi connectivity index (χ3n) is 4.16. The monoisotopic (exact) mass is 393 g/mol. The number of hydrogen-bond acceptors (Lipinski definition) is 5. The van der Waals surface area contributed by atoms with Gasteiger partial charge in [-0.3, -0.25) is 4.79 Å². The van der Waals surface area contributed by atoms with Gasteiger partial charge in [-0.1, -0.05) is 23.7 Å². The van der Waals surface area contributed by atoms with Gasteiger partial charge in [-0.15, -0.1) is 11.3 Å². The lowest BCUT2D eigenvalue weighted by molar-refractivity contribution is -0.124. The summed E-state index contributed by atoms with van der Waals surface area (Å²) in [5.74, 6) is -0.679. The van der Waals surface area contributed by atoms with Crippen molar-refractivity contribution in [2.45, 2.75) is 32.8 Å². The number of carbonyl (C=O) groups is 2. The molecule has 5 nitrogen and oxygen atoms in total. The smallest absolute Gasteiger partial charge is 0.341 e. The number of thiophene rings is 1. The van der Waals surface area contributed by atoms with E-state index >= 15 is 0 Å². The molecule has 1 aromatic carbocycles. The van der Waals surface area contributed by atoms with Crippen molar-refractivity contribution in [3.63, 3.8) is 0 Å². The minimum Gasteiger partial charge on any atom is -0.462 e. The third-order valence-corrected chi connectivity index (χ3v) is 5.43. The fourth-order valence-electron chi connectivity index (χ4n) is 2.97. The normalized spacial score (nSPS) is 16.5. The zero-order chi connectivity index (χ0) is 18.7. The first kappa shape index (κ1) is 18.9. The molecule has 3 rings (SSSR count). The molecule has 1 fully saturated rings. The lowest BCUT2D eigenvalue weighted by atomic mass is 10.0. The molecule has 0 saturated carbocycles. The highest BCUT2D eigenvalue weighted by Crippen LogP contribution is 2.41. The number of ether oxygens (including phenoxy) is 2. The van der Waals surface area contributed by atoms with Gasteiger partial charge in [0.2, 0.25) is 0 Å². The van der Waals surface area contributed by atoms with E-state index < -0.39 is 12.1 Å². The van der Waals surface area contributed by atoms with Crippen molar-refractivity contribution in [3.05, 3.63) is 39.7 Å². The average molecular weight is 394 g/mol. The minimum atomic E-state index is -0.466. The van der Waals surface area contributed by atoms with Gasteiger partial charge in [-0.05, 0) is 44.4 Å². The van der Waals surface area contributed by atoms with E-state index in [9.17, 15) is 9.59 Å². The van der Waals surface area contributed by atoms with Crippen molar-refractivity contribution in [3.8, 4) is 11.1 Å². The molecule has 0 aliphatic carbocycles. The first-order valence-corrected chi connectivity index (χ1v) is 9.69. The number of amides is 1. The molecule has 1 saturated heterocycles. The maximum atomic E-state index is 12.6.